The number of nitrogens with two attached hydrogens (primary N) is 1. The second-order valence-electron chi connectivity index (χ2n) is 3.70. The molecule has 90 valence electrons. The summed E-state index contributed by atoms with van der Waals surface area (Å²) in [6, 6.07) is 6.11. The van der Waals surface area contributed by atoms with Gasteiger partial charge in [-0.15, -0.1) is 0 Å². The summed E-state index contributed by atoms with van der Waals surface area (Å²) < 4.78 is 6.64. The highest BCUT2D eigenvalue weighted by Gasteiger charge is 2.13. The van der Waals surface area contributed by atoms with Crippen LogP contribution in [0.5, 0.6) is 0 Å². The van der Waals surface area contributed by atoms with Crippen molar-refractivity contribution < 1.29 is 9.84 Å². The van der Waals surface area contributed by atoms with Crippen molar-refractivity contribution in [1.29, 1.82) is 0 Å². The Morgan fingerprint density at radius 3 is 2.81 bits per heavy atom. The monoisotopic (exact) mass is 287 g/mol. The van der Waals surface area contributed by atoms with E-state index < -0.39 is 0 Å². The van der Waals surface area contributed by atoms with E-state index in [1.54, 1.807) is 0 Å². The van der Waals surface area contributed by atoms with Crippen LogP contribution in [-0.2, 0) is 4.74 Å². The van der Waals surface area contributed by atoms with Crippen molar-refractivity contribution in [2.45, 2.75) is 19.4 Å². The van der Waals surface area contributed by atoms with Crippen LogP contribution >= 0.6 is 15.9 Å². The first-order valence-corrected chi connectivity index (χ1v) is 6.17. The quantitative estimate of drug-likeness (QED) is 0.789. The number of hydrogen-bond donors (Lipinski definition) is 2. The highest BCUT2D eigenvalue weighted by molar-refractivity contribution is 9.10. The van der Waals surface area contributed by atoms with Gasteiger partial charge in [0.05, 0.1) is 6.10 Å². The van der Waals surface area contributed by atoms with Crippen molar-refractivity contribution in [3.63, 3.8) is 0 Å². The minimum atomic E-state index is -0.110. The van der Waals surface area contributed by atoms with Gasteiger partial charge >= 0.3 is 0 Å². The lowest BCUT2D eigenvalue weighted by atomic mass is 10.1. The van der Waals surface area contributed by atoms with Gasteiger partial charge in [-0.25, -0.2) is 0 Å². The maximum Gasteiger partial charge on any atom is 0.0957 e. The van der Waals surface area contributed by atoms with E-state index in [0.29, 0.717) is 19.6 Å². The molecule has 3 nitrogen and oxygen atoms in total. The Balaban J connectivity index is 2.70. The van der Waals surface area contributed by atoms with E-state index in [1.807, 2.05) is 25.1 Å². The van der Waals surface area contributed by atoms with Crippen LogP contribution in [0, 0.1) is 6.92 Å². The normalized spacial score (nSPS) is 12.8. The van der Waals surface area contributed by atoms with Crippen molar-refractivity contribution in [2.24, 2.45) is 5.73 Å². The molecule has 1 aromatic rings. The number of halogens is 1. The molecule has 4 heteroatoms. The lowest BCUT2D eigenvalue weighted by molar-refractivity contribution is 0.0484. The molecule has 0 saturated carbocycles. The van der Waals surface area contributed by atoms with Crippen LogP contribution in [0.1, 0.15) is 23.7 Å². The van der Waals surface area contributed by atoms with Gasteiger partial charge in [-0.2, -0.15) is 0 Å². The van der Waals surface area contributed by atoms with E-state index in [1.165, 1.54) is 5.56 Å². The molecule has 1 rings (SSSR count). The van der Waals surface area contributed by atoms with Crippen molar-refractivity contribution in [3.05, 3.63) is 33.8 Å². The molecule has 0 radical (unpaired) electrons. The summed E-state index contributed by atoms with van der Waals surface area (Å²) in [6.45, 7) is 3.15. The Bertz CT molecular complexity index is 331. The molecule has 0 spiro atoms. The van der Waals surface area contributed by atoms with Crippen LogP contribution in [0.3, 0.4) is 0 Å². The molecule has 0 bridgehead atoms. The van der Waals surface area contributed by atoms with Crippen LogP contribution < -0.4 is 5.73 Å². The van der Waals surface area contributed by atoms with E-state index in [0.717, 1.165) is 10.0 Å². The first kappa shape index (κ1) is 13.6. The molecule has 3 N–H and O–H groups in total. The molecule has 1 unspecified atom stereocenters. The third-order valence-corrected chi connectivity index (χ3v) is 3.03. The highest BCUT2D eigenvalue weighted by atomic mass is 79.9. The largest absolute Gasteiger partial charge is 0.396 e. The number of rotatable bonds is 6. The molecule has 1 atom stereocenters. The number of aliphatic hydroxyl groups excluding tert-OH is 1. The molecule has 16 heavy (non-hydrogen) atoms. The number of ether oxygens (including phenoxy) is 1. The lowest BCUT2D eigenvalue weighted by Crippen LogP contribution is -2.17. The Kier molecular flexibility index (Phi) is 5.98. The van der Waals surface area contributed by atoms with Crippen LogP contribution in [0.25, 0.3) is 0 Å². The summed E-state index contributed by atoms with van der Waals surface area (Å²) in [5.74, 6) is 0. The molecule has 0 aliphatic heterocycles. The van der Waals surface area contributed by atoms with Gasteiger partial charge in [0.1, 0.15) is 0 Å². The number of aryl methyl sites for hydroxylation is 1. The fourth-order valence-electron chi connectivity index (χ4n) is 1.47. The fourth-order valence-corrected chi connectivity index (χ4v) is 2.22. The Hall–Kier alpha value is -0.420. The van der Waals surface area contributed by atoms with E-state index in [9.17, 15) is 0 Å². The van der Waals surface area contributed by atoms with Gasteiger partial charge in [-0.1, -0.05) is 28.1 Å². The Labute approximate surface area is 105 Å². The number of aliphatic hydroxyl groups is 1. The van der Waals surface area contributed by atoms with Crippen LogP contribution in [-0.4, -0.2) is 24.9 Å². The molecule has 0 aliphatic rings. The molecular formula is C12H18BrNO2. The van der Waals surface area contributed by atoms with E-state index in [-0.39, 0.29) is 12.7 Å². The molecular weight excluding hydrogens is 270 g/mol. The summed E-state index contributed by atoms with van der Waals surface area (Å²) in [6.07, 6.45) is 0.529. The Morgan fingerprint density at radius 2 is 2.25 bits per heavy atom. The average molecular weight is 288 g/mol. The first-order chi connectivity index (χ1) is 7.69. The van der Waals surface area contributed by atoms with Gasteiger partial charge < -0.3 is 15.6 Å². The topological polar surface area (TPSA) is 55.5 Å². The van der Waals surface area contributed by atoms with E-state index in [4.69, 9.17) is 15.6 Å². The predicted octanol–water partition coefficient (Wildman–Crippen LogP) is 2.16. The zero-order valence-corrected chi connectivity index (χ0v) is 11.0. The molecule has 0 aromatic heterocycles. The molecule has 0 heterocycles. The minimum Gasteiger partial charge on any atom is -0.396 e. The summed E-state index contributed by atoms with van der Waals surface area (Å²) in [4.78, 5) is 0. The maximum atomic E-state index is 8.69. The predicted molar refractivity (Wildman–Crippen MR) is 68.3 cm³/mol. The maximum absolute atomic E-state index is 8.69. The summed E-state index contributed by atoms with van der Waals surface area (Å²) in [7, 11) is 0. The van der Waals surface area contributed by atoms with Gasteiger partial charge in [0.25, 0.3) is 0 Å². The van der Waals surface area contributed by atoms with Crippen LogP contribution in [0.2, 0.25) is 0 Å². The third kappa shape index (κ3) is 3.87. The summed E-state index contributed by atoms with van der Waals surface area (Å²) in [5.41, 5.74) is 7.94. The Morgan fingerprint density at radius 1 is 1.50 bits per heavy atom. The van der Waals surface area contributed by atoms with Crippen molar-refractivity contribution in [3.8, 4) is 0 Å². The van der Waals surface area contributed by atoms with Crippen molar-refractivity contribution in [1.82, 2.24) is 0 Å². The fraction of sp³-hybridized carbons (Fsp3) is 0.500. The second-order valence-corrected chi connectivity index (χ2v) is 4.55. The van der Waals surface area contributed by atoms with E-state index >= 15 is 0 Å². The SMILES string of the molecule is Cc1ccc(C(CN)OCCCO)c(Br)c1. The second kappa shape index (κ2) is 7.01. The number of benzene rings is 1. The minimum absolute atomic E-state index is 0.110. The molecule has 0 saturated heterocycles. The van der Waals surface area contributed by atoms with Gasteiger partial charge in [0.2, 0.25) is 0 Å². The number of hydrogen-bond acceptors (Lipinski definition) is 3. The van der Waals surface area contributed by atoms with Crippen molar-refractivity contribution >= 4 is 15.9 Å². The molecule has 0 amide bonds. The lowest BCUT2D eigenvalue weighted by Gasteiger charge is -2.18. The summed E-state index contributed by atoms with van der Waals surface area (Å²) >= 11 is 3.51. The van der Waals surface area contributed by atoms with Crippen molar-refractivity contribution in [2.75, 3.05) is 19.8 Å². The van der Waals surface area contributed by atoms with Gasteiger partial charge in [0, 0.05) is 24.2 Å². The molecule has 0 fully saturated rings. The highest BCUT2D eigenvalue weighted by Crippen LogP contribution is 2.26. The average Bonchev–Trinajstić information content (AvgIpc) is 2.26. The third-order valence-electron chi connectivity index (χ3n) is 2.34. The van der Waals surface area contributed by atoms with Gasteiger partial charge in [-0.05, 0) is 30.5 Å². The standard InChI is InChI=1S/C12H18BrNO2/c1-9-3-4-10(11(13)7-9)12(8-14)16-6-2-5-15/h3-4,7,12,15H,2,5-6,8,14H2,1H3. The van der Waals surface area contributed by atoms with Crippen LogP contribution in [0.15, 0.2) is 22.7 Å². The van der Waals surface area contributed by atoms with Gasteiger partial charge in [0.15, 0.2) is 0 Å². The smallest absolute Gasteiger partial charge is 0.0957 e. The molecule has 0 aliphatic carbocycles. The summed E-state index contributed by atoms with van der Waals surface area (Å²) in [5, 5.41) is 8.69. The zero-order chi connectivity index (χ0) is 12.0. The first-order valence-electron chi connectivity index (χ1n) is 5.37. The molecule has 1 aromatic carbocycles. The van der Waals surface area contributed by atoms with E-state index in [2.05, 4.69) is 15.9 Å². The zero-order valence-electron chi connectivity index (χ0n) is 9.45. The van der Waals surface area contributed by atoms with Crippen LogP contribution in [0.4, 0.5) is 0 Å². The van der Waals surface area contributed by atoms with Gasteiger partial charge in [-0.3, -0.25) is 0 Å².